The second kappa shape index (κ2) is 12.3. The quantitative estimate of drug-likeness (QED) is 0.171. The molecule has 0 aromatic heterocycles. The van der Waals surface area contributed by atoms with Crippen LogP contribution in [0.4, 0.5) is 0 Å². The number of benzene rings is 1. The smallest absolute Gasteiger partial charge is 0.335 e. The van der Waals surface area contributed by atoms with E-state index in [2.05, 4.69) is 10.0 Å². The number of rotatable bonds is 11. The SMILES string of the molecule is CCCCNC1C=C(C(=O)O)C=C(S(=O)(=O)NC2O[C@H](CO)[C@H](O)[C@H](O)C2O)C1Oc1ccccc1. The zero-order chi connectivity index (χ0) is 26.5. The first-order valence-corrected chi connectivity index (χ1v) is 13.0. The number of aliphatic hydroxyl groups excluding tert-OH is 4. The van der Waals surface area contributed by atoms with Crippen LogP contribution in [-0.2, 0) is 19.6 Å². The lowest BCUT2D eigenvalue weighted by Crippen LogP contribution is -2.63. The lowest BCUT2D eigenvalue weighted by molar-refractivity contribution is -0.231. The Morgan fingerprint density at radius 1 is 1.11 bits per heavy atom. The predicted octanol–water partition coefficient (Wildman–Crippen LogP) is -1.18. The second-order valence-electron chi connectivity index (χ2n) is 8.53. The highest BCUT2D eigenvalue weighted by molar-refractivity contribution is 7.93. The van der Waals surface area contributed by atoms with E-state index in [1.807, 2.05) is 6.92 Å². The molecule has 1 aliphatic heterocycles. The van der Waals surface area contributed by atoms with E-state index in [4.69, 9.17) is 9.47 Å². The fourth-order valence-corrected chi connectivity index (χ4v) is 5.33. The molecule has 200 valence electrons. The lowest BCUT2D eigenvalue weighted by Gasteiger charge is -2.40. The van der Waals surface area contributed by atoms with Crippen LogP contribution in [-0.4, -0.2) is 95.9 Å². The number of hydrogen-bond donors (Lipinski definition) is 7. The summed E-state index contributed by atoms with van der Waals surface area (Å²) in [5, 5.41) is 52.5. The van der Waals surface area contributed by atoms with Crippen molar-refractivity contribution in [3.63, 3.8) is 0 Å². The van der Waals surface area contributed by atoms with Crippen LogP contribution in [0.5, 0.6) is 5.75 Å². The molecule has 13 heteroatoms. The van der Waals surface area contributed by atoms with Crippen LogP contribution in [0.25, 0.3) is 0 Å². The molecule has 1 saturated heterocycles. The summed E-state index contributed by atoms with van der Waals surface area (Å²) in [5.74, 6) is -1.01. The minimum absolute atomic E-state index is 0.286. The van der Waals surface area contributed by atoms with E-state index in [9.17, 15) is 38.7 Å². The molecule has 1 aromatic carbocycles. The topological polar surface area (TPSA) is 195 Å². The molecule has 0 amide bonds. The maximum atomic E-state index is 13.5. The van der Waals surface area contributed by atoms with Crippen molar-refractivity contribution >= 4 is 16.0 Å². The molecule has 4 unspecified atom stereocenters. The molecule has 1 aliphatic carbocycles. The van der Waals surface area contributed by atoms with Crippen LogP contribution in [0.2, 0.25) is 0 Å². The van der Waals surface area contributed by atoms with Gasteiger partial charge < -0.3 is 40.3 Å². The number of carboxylic acids is 1. The zero-order valence-electron chi connectivity index (χ0n) is 19.6. The van der Waals surface area contributed by atoms with E-state index >= 15 is 0 Å². The van der Waals surface area contributed by atoms with Gasteiger partial charge in [-0.25, -0.2) is 13.2 Å². The largest absolute Gasteiger partial charge is 0.483 e. The highest BCUT2D eigenvalue weighted by atomic mass is 32.2. The molecular formula is C23H32N2O10S. The normalized spacial score (nSPS) is 30.9. The predicted molar refractivity (Wildman–Crippen MR) is 127 cm³/mol. The summed E-state index contributed by atoms with van der Waals surface area (Å²) in [5.41, 5.74) is -0.286. The minimum Gasteiger partial charge on any atom is -0.483 e. The number of unbranched alkanes of at least 4 members (excludes halogenated alkanes) is 1. The zero-order valence-corrected chi connectivity index (χ0v) is 20.4. The summed E-state index contributed by atoms with van der Waals surface area (Å²) in [6, 6.07) is 7.54. The Hall–Kier alpha value is -2.36. The van der Waals surface area contributed by atoms with Gasteiger partial charge in [0.1, 0.15) is 35.1 Å². The Morgan fingerprint density at radius 2 is 1.81 bits per heavy atom. The van der Waals surface area contributed by atoms with E-state index in [1.54, 1.807) is 30.3 Å². The third kappa shape index (κ3) is 6.49. The monoisotopic (exact) mass is 528 g/mol. The van der Waals surface area contributed by atoms with Gasteiger partial charge in [-0.05, 0) is 37.3 Å². The summed E-state index contributed by atoms with van der Waals surface area (Å²) in [4.78, 5) is 11.4. The summed E-state index contributed by atoms with van der Waals surface area (Å²) in [7, 11) is -4.61. The minimum atomic E-state index is -4.61. The second-order valence-corrected chi connectivity index (χ2v) is 10.2. The molecular weight excluding hydrogens is 496 g/mol. The highest BCUT2D eigenvalue weighted by Gasteiger charge is 2.46. The average Bonchev–Trinajstić information content (AvgIpc) is 2.85. The van der Waals surface area contributed by atoms with Gasteiger partial charge in [0.05, 0.1) is 18.2 Å². The Labute approximate surface area is 208 Å². The van der Waals surface area contributed by atoms with E-state index in [-0.39, 0.29) is 5.57 Å². The molecule has 1 fully saturated rings. The third-order valence-corrected chi connectivity index (χ3v) is 7.41. The number of carboxylic acid groups (broad SMARTS) is 1. The maximum absolute atomic E-state index is 13.5. The highest BCUT2D eigenvalue weighted by Crippen LogP contribution is 2.29. The number of aliphatic carboxylic acids is 1. The molecule has 0 radical (unpaired) electrons. The van der Waals surface area contributed by atoms with Crippen LogP contribution in [0.15, 0.2) is 53.0 Å². The maximum Gasteiger partial charge on any atom is 0.335 e. The number of nitrogens with one attached hydrogen (secondary N) is 2. The molecule has 2 aliphatic rings. The first kappa shape index (κ1) is 28.2. The van der Waals surface area contributed by atoms with Crippen molar-refractivity contribution in [2.24, 2.45) is 0 Å². The van der Waals surface area contributed by atoms with E-state index in [0.717, 1.165) is 18.9 Å². The van der Waals surface area contributed by atoms with Gasteiger partial charge in [-0.15, -0.1) is 0 Å². The Morgan fingerprint density at radius 3 is 2.42 bits per heavy atom. The standard InChI is InChI=1S/C23H32N2O10S/c1-2-3-9-24-15-10-13(23(30)31)11-17(21(15)34-14-7-5-4-6-8-14)36(32,33)25-22-20(29)19(28)18(27)16(12-26)35-22/h4-8,10-11,15-16,18-22,24-29H,2-3,9,12H2,1H3,(H,30,31)/t15?,16-,18+,19+,20?,21?,22?/m1/s1. The molecule has 1 heterocycles. The Bertz CT molecular complexity index is 1060. The molecule has 0 bridgehead atoms. The first-order chi connectivity index (χ1) is 17.1. The molecule has 0 spiro atoms. The Kier molecular flexibility index (Phi) is 9.60. The van der Waals surface area contributed by atoms with E-state index in [0.29, 0.717) is 12.3 Å². The number of aliphatic hydroxyl groups is 4. The lowest BCUT2D eigenvalue weighted by atomic mass is 9.99. The molecule has 0 saturated carbocycles. The van der Waals surface area contributed by atoms with Crippen molar-refractivity contribution in [2.75, 3.05) is 13.2 Å². The van der Waals surface area contributed by atoms with Crippen LogP contribution < -0.4 is 14.8 Å². The summed E-state index contributed by atoms with van der Waals surface area (Å²) in [6.45, 7) is 1.69. The number of ether oxygens (including phenoxy) is 2. The van der Waals surface area contributed by atoms with Gasteiger partial charge in [-0.3, -0.25) is 0 Å². The van der Waals surface area contributed by atoms with E-state index < -0.39 is 70.3 Å². The van der Waals surface area contributed by atoms with Gasteiger partial charge >= 0.3 is 5.97 Å². The fourth-order valence-electron chi connectivity index (χ4n) is 3.91. The van der Waals surface area contributed by atoms with Crippen molar-refractivity contribution in [1.82, 2.24) is 10.0 Å². The molecule has 1 aromatic rings. The van der Waals surface area contributed by atoms with Crippen LogP contribution in [0.3, 0.4) is 0 Å². The number of carbonyl (C=O) groups is 1. The first-order valence-electron chi connectivity index (χ1n) is 11.5. The van der Waals surface area contributed by atoms with Gasteiger partial charge in [0.2, 0.25) is 10.0 Å². The molecule has 7 atom stereocenters. The van der Waals surface area contributed by atoms with Gasteiger partial charge in [0.25, 0.3) is 0 Å². The van der Waals surface area contributed by atoms with Gasteiger partial charge in [0, 0.05) is 0 Å². The van der Waals surface area contributed by atoms with Crippen molar-refractivity contribution in [3.05, 3.63) is 53.0 Å². The van der Waals surface area contributed by atoms with Crippen LogP contribution >= 0.6 is 0 Å². The Balaban J connectivity index is 1.98. The average molecular weight is 529 g/mol. The molecule has 36 heavy (non-hydrogen) atoms. The molecule has 3 rings (SSSR count). The van der Waals surface area contributed by atoms with E-state index in [1.165, 1.54) is 6.08 Å². The van der Waals surface area contributed by atoms with Crippen molar-refractivity contribution in [1.29, 1.82) is 0 Å². The number of sulfonamides is 1. The number of para-hydroxylation sites is 1. The molecule has 12 nitrogen and oxygen atoms in total. The summed E-state index contributed by atoms with van der Waals surface area (Å²) >= 11 is 0. The number of hydrogen-bond acceptors (Lipinski definition) is 10. The van der Waals surface area contributed by atoms with Gasteiger partial charge in [0.15, 0.2) is 12.3 Å². The third-order valence-electron chi connectivity index (χ3n) is 5.90. The van der Waals surface area contributed by atoms with Gasteiger partial charge in [-0.1, -0.05) is 31.5 Å². The fraction of sp³-hybridized carbons (Fsp3) is 0.522. The van der Waals surface area contributed by atoms with Crippen molar-refractivity contribution in [2.45, 2.75) is 62.6 Å². The van der Waals surface area contributed by atoms with Crippen LogP contribution in [0, 0.1) is 0 Å². The van der Waals surface area contributed by atoms with Crippen molar-refractivity contribution < 1.29 is 48.2 Å². The van der Waals surface area contributed by atoms with Gasteiger partial charge in [-0.2, -0.15) is 4.72 Å². The van der Waals surface area contributed by atoms with Crippen LogP contribution in [0.1, 0.15) is 19.8 Å². The van der Waals surface area contributed by atoms with Crippen molar-refractivity contribution in [3.8, 4) is 5.75 Å². The molecule has 7 N–H and O–H groups in total. The summed E-state index contributed by atoms with van der Waals surface area (Å²) < 4.78 is 40.4. The summed E-state index contributed by atoms with van der Waals surface area (Å²) in [6.07, 6.45) is -5.71.